The number of hydrogen-bond donors (Lipinski definition) is 1. The third-order valence-electron chi connectivity index (χ3n) is 4.70. The van der Waals surface area contributed by atoms with E-state index in [2.05, 4.69) is 30.4 Å². The van der Waals surface area contributed by atoms with Crippen molar-refractivity contribution >= 4 is 23.6 Å². The van der Waals surface area contributed by atoms with E-state index in [9.17, 15) is 9.59 Å². The Morgan fingerprint density at radius 3 is 2.54 bits per heavy atom. The highest BCUT2D eigenvalue weighted by molar-refractivity contribution is 7.99. The predicted octanol–water partition coefficient (Wildman–Crippen LogP) is 4.09. The molecule has 150 valence electrons. The zero-order valence-corrected chi connectivity index (χ0v) is 18.0. The van der Waals surface area contributed by atoms with Gasteiger partial charge < -0.3 is 10.2 Å². The van der Waals surface area contributed by atoms with Crippen molar-refractivity contribution in [1.82, 2.24) is 10.2 Å². The van der Waals surface area contributed by atoms with E-state index >= 15 is 0 Å². The summed E-state index contributed by atoms with van der Waals surface area (Å²) in [6, 6.07) is 15.8. The highest BCUT2D eigenvalue weighted by Gasteiger charge is 2.25. The van der Waals surface area contributed by atoms with E-state index in [1.807, 2.05) is 44.2 Å². The Kier molecular flexibility index (Phi) is 8.58. The predicted molar refractivity (Wildman–Crippen MR) is 117 cm³/mol. The smallest absolute Gasteiger partial charge is 0.242 e. The monoisotopic (exact) mass is 398 g/mol. The number of aryl methyl sites for hydroxylation is 2. The molecule has 0 unspecified atom stereocenters. The Labute approximate surface area is 172 Å². The van der Waals surface area contributed by atoms with Crippen molar-refractivity contribution in [3.8, 4) is 0 Å². The molecule has 2 amide bonds. The molecule has 1 N–H and O–H groups in total. The molecule has 0 radical (unpaired) electrons. The fraction of sp³-hybridized carbons (Fsp3) is 0.391. The second-order valence-corrected chi connectivity index (χ2v) is 7.99. The Balaban J connectivity index is 2.07. The van der Waals surface area contributed by atoms with Gasteiger partial charge in [-0.3, -0.25) is 9.59 Å². The first-order valence-corrected chi connectivity index (χ1v) is 10.8. The van der Waals surface area contributed by atoms with E-state index in [0.717, 1.165) is 16.9 Å². The van der Waals surface area contributed by atoms with Gasteiger partial charge >= 0.3 is 0 Å². The van der Waals surface area contributed by atoms with Gasteiger partial charge in [0.05, 0.1) is 5.75 Å². The average molecular weight is 399 g/mol. The minimum absolute atomic E-state index is 0.0150. The summed E-state index contributed by atoms with van der Waals surface area (Å²) in [4.78, 5) is 27.0. The van der Waals surface area contributed by atoms with Crippen molar-refractivity contribution in [3.63, 3.8) is 0 Å². The molecule has 0 saturated carbocycles. The summed E-state index contributed by atoms with van der Waals surface area (Å²) < 4.78 is 0. The number of thioether (sulfide) groups is 1. The maximum absolute atomic E-state index is 13.0. The van der Waals surface area contributed by atoms with E-state index in [4.69, 9.17) is 0 Å². The van der Waals surface area contributed by atoms with Crippen LogP contribution in [0.3, 0.4) is 0 Å². The van der Waals surface area contributed by atoms with Crippen molar-refractivity contribution in [2.24, 2.45) is 0 Å². The molecule has 0 aromatic heterocycles. The summed E-state index contributed by atoms with van der Waals surface area (Å²) >= 11 is 1.59. The first-order valence-electron chi connectivity index (χ1n) is 9.67. The number of nitrogens with one attached hydrogen (secondary N) is 1. The van der Waals surface area contributed by atoms with Crippen LogP contribution in [0.15, 0.2) is 48.5 Å². The topological polar surface area (TPSA) is 49.4 Å². The molecule has 28 heavy (non-hydrogen) atoms. The van der Waals surface area contributed by atoms with Crippen LogP contribution in [-0.2, 0) is 21.9 Å². The lowest BCUT2D eigenvalue weighted by atomic mass is 10.1. The quantitative estimate of drug-likeness (QED) is 0.692. The number of likely N-dealkylation sites (N-methyl/N-ethyl adjacent to an activating group) is 1. The highest BCUT2D eigenvalue weighted by atomic mass is 32.2. The summed E-state index contributed by atoms with van der Waals surface area (Å²) in [6.45, 7) is 8.78. The van der Waals surface area contributed by atoms with Crippen molar-refractivity contribution in [3.05, 3.63) is 70.8 Å². The molecule has 0 aliphatic heterocycles. The molecule has 0 aliphatic carbocycles. The standard InChI is InChI=1S/C23H30N2O2S/c1-5-24-23(27)19(4)25(14-20-11-8-9-17(2)13-20)22(26)16-28-15-21-12-7-6-10-18(21)3/h6-13,19H,5,14-16H2,1-4H3,(H,24,27)/t19-/m0/s1. The Bertz CT molecular complexity index is 807. The van der Waals surface area contributed by atoms with Gasteiger partial charge in [-0.05, 0) is 44.4 Å². The van der Waals surface area contributed by atoms with Crippen LogP contribution in [0.25, 0.3) is 0 Å². The van der Waals surface area contributed by atoms with Gasteiger partial charge in [0.2, 0.25) is 11.8 Å². The van der Waals surface area contributed by atoms with Crippen LogP contribution in [0, 0.1) is 13.8 Å². The lowest BCUT2D eigenvalue weighted by Crippen LogP contribution is -2.48. The van der Waals surface area contributed by atoms with Gasteiger partial charge in [0, 0.05) is 18.8 Å². The fourth-order valence-electron chi connectivity index (χ4n) is 3.02. The third kappa shape index (κ3) is 6.41. The first-order chi connectivity index (χ1) is 13.4. The lowest BCUT2D eigenvalue weighted by Gasteiger charge is -2.28. The number of hydrogen-bond acceptors (Lipinski definition) is 3. The van der Waals surface area contributed by atoms with Crippen LogP contribution in [0.4, 0.5) is 0 Å². The first kappa shape index (κ1) is 22.0. The van der Waals surface area contributed by atoms with Gasteiger partial charge in [-0.15, -0.1) is 11.8 Å². The molecule has 0 saturated heterocycles. The van der Waals surface area contributed by atoms with E-state index < -0.39 is 6.04 Å². The molecule has 0 fully saturated rings. The van der Waals surface area contributed by atoms with Gasteiger partial charge in [0.25, 0.3) is 0 Å². The van der Waals surface area contributed by atoms with E-state index in [-0.39, 0.29) is 11.8 Å². The van der Waals surface area contributed by atoms with Crippen LogP contribution in [0.5, 0.6) is 0 Å². The molecule has 0 heterocycles. The third-order valence-corrected chi connectivity index (χ3v) is 5.66. The summed E-state index contributed by atoms with van der Waals surface area (Å²) in [5.74, 6) is 1.00. The molecule has 2 aromatic rings. The van der Waals surface area contributed by atoms with Crippen LogP contribution in [-0.4, -0.2) is 35.1 Å². The second kappa shape index (κ2) is 10.9. The number of rotatable bonds is 9. The minimum Gasteiger partial charge on any atom is -0.355 e. The second-order valence-electron chi connectivity index (χ2n) is 7.00. The van der Waals surface area contributed by atoms with Gasteiger partial charge in [-0.1, -0.05) is 54.1 Å². The van der Waals surface area contributed by atoms with Crippen LogP contribution < -0.4 is 5.32 Å². The summed E-state index contributed by atoms with van der Waals surface area (Å²) in [7, 11) is 0. The Hall–Kier alpha value is -2.27. The SMILES string of the molecule is CCNC(=O)[C@H](C)N(Cc1cccc(C)c1)C(=O)CSCc1ccccc1C. The molecule has 0 spiro atoms. The molecule has 2 rings (SSSR count). The maximum Gasteiger partial charge on any atom is 0.242 e. The molecule has 4 nitrogen and oxygen atoms in total. The number of amides is 2. The summed E-state index contributed by atoms with van der Waals surface area (Å²) in [5.41, 5.74) is 4.65. The van der Waals surface area contributed by atoms with Crippen molar-refractivity contribution in [2.75, 3.05) is 12.3 Å². The molecular weight excluding hydrogens is 368 g/mol. The van der Waals surface area contributed by atoms with E-state index in [0.29, 0.717) is 18.8 Å². The molecule has 0 bridgehead atoms. The Morgan fingerprint density at radius 1 is 1.11 bits per heavy atom. The Morgan fingerprint density at radius 2 is 1.86 bits per heavy atom. The zero-order chi connectivity index (χ0) is 20.5. The van der Waals surface area contributed by atoms with Gasteiger partial charge in [0.15, 0.2) is 0 Å². The number of carbonyl (C=O) groups is 2. The molecule has 1 atom stereocenters. The largest absolute Gasteiger partial charge is 0.355 e. The molecular formula is C23H30N2O2S. The van der Waals surface area contributed by atoms with Gasteiger partial charge in [-0.2, -0.15) is 0 Å². The number of nitrogens with zero attached hydrogens (tertiary/aromatic N) is 1. The molecule has 5 heteroatoms. The minimum atomic E-state index is -0.507. The summed E-state index contributed by atoms with van der Waals surface area (Å²) in [6.07, 6.45) is 0. The van der Waals surface area contributed by atoms with Crippen molar-refractivity contribution in [2.45, 2.75) is 46.0 Å². The lowest BCUT2D eigenvalue weighted by molar-refractivity contribution is -0.138. The van der Waals surface area contributed by atoms with Gasteiger partial charge in [0.1, 0.15) is 6.04 Å². The average Bonchev–Trinajstić information content (AvgIpc) is 2.67. The number of benzene rings is 2. The maximum atomic E-state index is 13.0. The van der Waals surface area contributed by atoms with Gasteiger partial charge in [-0.25, -0.2) is 0 Å². The van der Waals surface area contributed by atoms with Crippen LogP contribution >= 0.6 is 11.8 Å². The van der Waals surface area contributed by atoms with E-state index in [1.54, 1.807) is 23.6 Å². The summed E-state index contributed by atoms with van der Waals surface area (Å²) in [5, 5.41) is 2.83. The molecule has 2 aromatic carbocycles. The normalized spacial score (nSPS) is 11.7. The number of carbonyl (C=O) groups excluding carboxylic acids is 2. The fourth-order valence-corrected chi connectivity index (χ4v) is 4.00. The van der Waals surface area contributed by atoms with Crippen LogP contribution in [0.2, 0.25) is 0 Å². The molecule has 0 aliphatic rings. The van der Waals surface area contributed by atoms with Crippen molar-refractivity contribution in [1.29, 1.82) is 0 Å². The van der Waals surface area contributed by atoms with E-state index in [1.165, 1.54) is 11.1 Å². The van der Waals surface area contributed by atoms with Crippen molar-refractivity contribution < 1.29 is 9.59 Å². The van der Waals surface area contributed by atoms with Crippen LogP contribution in [0.1, 0.15) is 36.1 Å². The zero-order valence-electron chi connectivity index (χ0n) is 17.2. The highest BCUT2D eigenvalue weighted by Crippen LogP contribution is 2.18.